The van der Waals surface area contributed by atoms with Crippen LogP contribution in [-0.2, 0) is 15.1 Å². The average molecular weight is 307 g/mol. The number of amides is 2. The SMILES string of the molecule is CC(NC(=O)CC1C=CCC1)(C(N)=O)c1cccc(Cl)c1. The fourth-order valence-electron chi connectivity index (χ4n) is 2.51. The van der Waals surface area contributed by atoms with Crippen molar-refractivity contribution < 1.29 is 9.59 Å². The summed E-state index contributed by atoms with van der Waals surface area (Å²) in [4.78, 5) is 24.0. The maximum atomic E-state index is 12.2. The lowest BCUT2D eigenvalue weighted by Gasteiger charge is -2.28. The fraction of sp³-hybridized carbons (Fsp3) is 0.375. The summed E-state index contributed by atoms with van der Waals surface area (Å²) in [5.41, 5.74) is 4.82. The van der Waals surface area contributed by atoms with E-state index in [-0.39, 0.29) is 11.8 Å². The van der Waals surface area contributed by atoms with Gasteiger partial charge < -0.3 is 11.1 Å². The van der Waals surface area contributed by atoms with Gasteiger partial charge in [0.2, 0.25) is 11.8 Å². The Kier molecular flexibility index (Phi) is 4.68. The van der Waals surface area contributed by atoms with Gasteiger partial charge in [0.25, 0.3) is 0 Å². The summed E-state index contributed by atoms with van der Waals surface area (Å²) in [5, 5.41) is 3.25. The van der Waals surface area contributed by atoms with Crippen LogP contribution in [0.2, 0.25) is 5.02 Å². The highest BCUT2D eigenvalue weighted by Crippen LogP contribution is 2.25. The van der Waals surface area contributed by atoms with Crippen molar-refractivity contribution in [2.45, 2.75) is 31.7 Å². The topological polar surface area (TPSA) is 72.2 Å². The van der Waals surface area contributed by atoms with Crippen molar-refractivity contribution in [3.8, 4) is 0 Å². The Hall–Kier alpha value is -1.81. The predicted molar refractivity (Wildman–Crippen MR) is 82.6 cm³/mol. The molecule has 2 atom stereocenters. The van der Waals surface area contributed by atoms with Crippen molar-refractivity contribution in [1.29, 1.82) is 0 Å². The summed E-state index contributed by atoms with van der Waals surface area (Å²) < 4.78 is 0. The van der Waals surface area contributed by atoms with E-state index >= 15 is 0 Å². The number of benzene rings is 1. The first kappa shape index (κ1) is 15.6. The summed E-state index contributed by atoms with van der Waals surface area (Å²) in [6.07, 6.45) is 6.44. The fourth-order valence-corrected chi connectivity index (χ4v) is 2.70. The first-order valence-electron chi connectivity index (χ1n) is 6.95. The molecule has 0 aliphatic heterocycles. The van der Waals surface area contributed by atoms with Gasteiger partial charge in [-0.15, -0.1) is 0 Å². The second-order valence-corrected chi connectivity index (χ2v) is 5.95. The lowest BCUT2D eigenvalue weighted by molar-refractivity contribution is -0.131. The maximum Gasteiger partial charge on any atom is 0.247 e. The molecule has 0 bridgehead atoms. The van der Waals surface area contributed by atoms with Gasteiger partial charge in [-0.25, -0.2) is 0 Å². The Morgan fingerprint density at radius 2 is 2.24 bits per heavy atom. The van der Waals surface area contributed by atoms with Gasteiger partial charge in [0.1, 0.15) is 5.54 Å². The molecular weight excluding hydrogens is 288 g/mol. The largest absolute Gasteiger partial charge is 0.367 e. The lowest BCUT2D eigenvalue weighted by atomic mass is 9.90. The number of hydrogen-bond acceptors (Lipinski definition) is 2. The van der Waals surface area contributed by atoms with Crippen LogP contribution >= 0.6 is 11.6 Å². The van der Waals surface area contributed by atoms with Crippen LogP contribution in [0.4, 0.5) is 0 Å². The highest BCUT2D eigenvalue weighted by molar-refractivity contribution is 6.30. The standard InChI is InChI=1S/C16H19ClN2O2/c1-16(15(18)21,12-7-4-8-13(17)10-12)19-14(20)9-11-5-2-3-6-11/h2,4-5,7-8,10-11H,3,6,9H2,1H3,(H2,18,21)(H,19,20). The second kappa shape index (κ2) is 6.31. The molecule has 0 fully saturated rings. The van der Waals surface area contributed by atoms with E-state index in [1.54, 1.807) is 31.2 Å². The van der Waals surface area contributed by atoms with Gasteiger partial charge in [0, 0.05) is 11.4 Å². The van der Waals surface area contributed by atoms with Gasteiger partial charge in [-0.3, -0.25) is 9.59 Å². The van der Waals surface area contributed by atoms with Crippen molar-refractivity contribution in [3.05, 3.63) is 47.0 Å². The zero-order valence-corrected chi connectivity index (χ0v) is 12.7. The van der Waals surface area contributed by atoms with E-state index in [0.717, 1.165) is 12.8 Å². The van der Waals surface area contributed by atoms with Crippen molar-refractivity contribution in [3.63, 3.8) is 0 Å². The number of carbonyl (C=O) groups excluding carboxylic acids is 2. The van der Waals surface area contributed by atoms with Crippen molar-refractivity contribution >= 4 is 23.4 Å². The van der Waals surface area contributed by atoms with Crippen LogP contribution in [0.5, 0.6) is 0 Å². The van der Waals surface area contributed by atoms with E-state index in [2.05, 4.69) is 11.4 Å². The number of halogens is 1. The molecule has 21 heavy (non-hydrogen) atoms. The minimum absolute atomic E-state index is 0.187. The molecule has 1 aliphatic carbocycles. The molecule has 2 amide bonds. The van der Waals surface area contributed by atoms with E-state index in [9.17, 15) is 9.59 Å². The minimum Gasteiger partial charge on any atom is -0.367 e. The molecule has 4 nitrogen and oxygen atoms in total. The summed E-state index contributed by atoms with van der Waals surface area (Å²) >= 11 is 5.96. The molecule has 3 N–H and O–H groups in total. The first-order valence-corrected chi connectivity index (χ1v) is 7.33. The van der Waals surface area contributed by atoms with Crippen molar-refractivity contribution in [2.75, 3.05) is 0 Å². The number of primary amides is 1. The zero-order valence-electron chi connectivity index (χ0n) is 11.9. The number of rotatable bonds is 5. The summed E-state index contributed by atoms with van der Waals surface area (Å²) in [6.45, 7) is 1.60. The molecule has 5 heteroatoms. The van der Waals surface area contributed by atoms with Gasteiger partial charge in [-0.1, -0.05) is 35.9 Å². The highest BCUT2D eigenvalue weighted by atomic mass is 35.5. The minimum atomic E-state index is -1.26. The third-order valence-corrected chi connectivity index (χ3v) is 4.08. The van der Waals surface area contributed by atoms with Crippen LogP contribution in [0.15, 0.2) is 36.4 Å². The first-order chi connectivity index (χ1) is 9.91. The Morgan fingerprint density at radius 3 is 2.81 bits per heavy atom. The number of allylic oxidation sites excluding steroid dienone is 2. The smallest absolute Gasteiger partial charge is 0.247 e. The monoisotopic (exact) mass is 306 g/mol. The third-order valence-electron chi connectivity index (χ3n) is 3.84. The molecule has 0 aromatic heterocycles. The average Bonchev–Trinajstić information content (AvgIpc) is 2.91. The summed E-state index contributed by atoms with van der Waals surface area (Å²) in [5.74, 6) is -0.561. The molecule has 0 spiro atoms. The molecule has 0 radical (unpaired) electrons. The third kappa shape index (κ3) is 3.64. The van der Waals surface area contributed by atoms with Gasteiger partial charge in [-0.2, -0.15) is 0 Å². The Balaban J connectivity index is 2.16. The van der Waals surface area contributed by atoms with Crippen LogP contribution in [0.1, 0.15) is 31.7 Å². The van der Waals surface area contributed by atoms with Crippen LogP contribution in [0.25, 0.3) is 0 Å². The lowest BCUT2D eigenvalue weighted by Crippen LogP contribution is -2.53. The highest BCUT2D eigenvalue weighted by Gasteiger charge is 2.35. The molecule has 112 valence electrons. The molecule has 2 unspecified atom stereocenters. The van der Waals surface area contributed by atoms with E-state index in [4.69, 9.17) is 17.3 Å². The van der Waals surface area contributed by atoms with E-state index in [1.165, 1.54) is 0 Å². The maximum absolute atomic E-state index is 12.2. The van der Waals surface area contributed by atoms with Crippen LogP contribution in [0, 0.1) is 5.92 Å². The van der Waals surface area contributed by atoms with Crippen molar-refractivity contribution in [1.82, 2.24) is 5.32 Å². The zero-order chi connectivity index (χ0) is 15.5. The van der Waals surface area contributed by atoms with Crippen LogP contribution < -0.4 is 11.1 Å². The molecule has 0 heterocycles. The van der Waals surface area contributed by atoms with E-state index in [0.29, 0.717) is 17.0 Å². The van der Waals surface area contributed by atoms with Gasteiger partial charge in [0.05, 0.1) is 0 Å². The molecule has 1 aliphatic rings. The molecule has 1 aromatic carbocycles. The normalized spacial score (nSPS) is 20.0. The number of nitrogens with one attached hydrogen (secondary N) is 1. The number of nitrogens with two attached hydrogens (primary N) is 1. The van der Waals surface area contributed by atoms with Crippen LogP contribution in [0.3, 0.4) is 0 Å². The van der Waals surface area contributed by atoms with Gasteiger partial charge in [0.15, 0.2) is 0 Å². The summed E-state index contributed by atoms with van der Waals surface area (Å²) in [7, 11) is 0. The molecule has 0 saturated heterocycles. The Morgan fingerprint density at radius 1 is 1.48 bits per heavy atom. The predicted octanol–water partition coefficient (Wildman–Crippen LogP) is 2.51. The number of hydrogen-bond donors (Lipinski definition) is 2. The van der Waals surface area contributed by atoms with Crippen LogP contribution in [-0.4, -0.2) is 11.8 Å². The Bertz CT molecular complexity index is 585. The summed E-state index contributed by atoms with van der Waals surface area (Å²) in [6, 6.07) is 6.80. The molecule has 0 saturated carbocycles. The van der Waals surface area contributed by atoms with E-state index < -0.39 is 11.4 Å². The van der Waals surface area contributed by atoms with Gasteiger partial charge in [-0.05, 0) is 43.4 Å². The second-order valence-electron chi connectivity index (χ2n) is 5.52. The van der Waals surface area contributed by atoms with E-state index in [1.807, 2.05) is 6.08 Å². The molecular formula is C16H19ClN2O2. The number of carbonyl (C=O) groups is 2. The Labute approximate surface area is 129 Å². The quantitative estimate of drug-likeness (QED) is 0.820. The van der Waals surface area contributed by atoms with Gasteiger partial charge >= 0.3 is 0 Å². The molecule has 1 aromatic rings. The van der Waals surface area contributed by atoms with Crippen molar-refractivity contribution in [2.24, 2.45) is 11.7 Å². The molecule has 2 rings (SSSR count).